The number of aromatic nitrogens is 2. The van der Waals surface area contributed by atoms with Gasteiger partial charge < -0.3 is 4.90 Å². The van der Waals surface area contributed by atoms with Crippen molar-refractivity contribution in [3.8, 4) is 0 Å². The van der Waals surface area contributed by atoms with Crippen LogP contribution in [0.25, 0.3) is 5.57 Å². The lowest BCUT2D eigenvalue weighted by atomic mass is 9.87. The molecule has 0 radical (unpaired) electrons. The predicted octanol–water partition coefficient (Wildman–Crippen LogP) is 6.46. The summed E-state index contributed by atoms with van der Waals surface area (Å²) < 4.78 is 13.3. The molecule has 0 saturated carbocycles. The molecule has 0 aliphatic heterocycles. The Morgan fingerprint density at radius 1 is 1.24 bits per heavy atom. The van der Waals surface area contributed by atoms with Crippen molar-refractivity contribution in [2.24, 2.45) is 10.9 Å². The second kappa shape index (κ2) is 12.2. The summed E-state index contributed by atoms with van der Waals surface area (Å²) in [5, 5.41) is 0. The molecule has 2 unspecified atom stereocenters. The smallest absolute Gasteiger partial charge is 0.123 e. The monoisotopic (exact) mass is 446 g/mol. The molecule has 2 atom stereocenters. The van der Waals surface area contributed by atoms with Crippen LogP contribution in [0.4, 0.5) is 4.39 Å². The van der Waals surface area contributed by atoms with Gasteiger partial charge in [0.2, 0.25) is 0 Å². The van der Waals surface area contributed by atoms with Crippen molar-refractivity contribution in [2.45, 2.75) is 45.4 Å². The van der Waals surface area contributed by atoms with Gasteiger partial charge in [-0.1, -0.05) is 44.7 Å². The first-order chi connectivity index (χ1) is 16.0. The summed E-state index contributed by atoms with van der Waals surface area (Å²) in [6, 6.07) is 8.90. The van der Waals surface area contributed by atoms with Gasteiger partial charge in [-0.25, -0.2) is 14.4 Å². The fourth-order valence-corrected chi connectivity index (χ4v) is 4.46. The minimum Gasteiger partial charge on any atom is -0.370 e. The van der Waals surface area contributed by atoms with Crippen molar-refractivity contribution in [2.75, 3.05) is 19.6 Å². The van der Waals surface area contributed by atoms with E-state index in [1.54, 1.807) is 24.7 Å². The Kier molecular flexibility index (Phi) is 9.11. The van der Waals surface area contributed by atoms with Crippen LogP contribution < -0.4 is 0 Å². The van der Waals surface area contributed by atoms with Gasteiger partial charge in [0.25, 0.3) is 0 Å². The highest BCUT2D eigenvalue weighted by atomic mass is 19.1. The molecule has 0 spiro atoms. The molecule has 2 aromatic rings. The lowest BCUT2D eigenvalue weighted by Gasteiger charge is -2.31. The number of rotatable bonds is 12. The van der Waals surface area contributed by atoms with Crippen LogP contribution >= 0.6 is 0 Å². The van der Waals surface area contributed by atoms with E-state index >= 15 is 0 Å². The molecule has 0 amide bonds. The van der Waals surface area contributed by atoms with E-state index in [1.807, 2.05) is 18.2 Å². The predicted molar refractivity (Wildman–Crippen MR) is 136 cm³/mol. The summed E-state index contributed by atoms with van der Waals surface area (Å²) in [6.45, 7) is 14.9. The first-order valence-corrected chi connectivity index (χ1v) is 11.8. The third-order valence-corrected chi connectivity index (χ3v) is 6.37. The van der Waals surface area contributed by atoms with E-state index in [1.165, 1.54) is 11.1 Å². The van der Waals surface area contributed by atoms with Gasteiger partial charge >= 0.3 is 0 Å². The number of hydrogen-bond donors (Lipinski definition) is 0. The number of halogens is 1. The molecule has 1 aliphatic carbocycles. The van der Waals surface area contributed by atoms with E-state index in [2.05, 4.69) is 59.2 Å². The molecule has 5 heteroatoms. The number of benzene rings is 1. The average Bonchev–Trinajstić information content (AvgIpc) is 2.84. The number of hydrogen-bond acceptors (Lipinski definition) is 4. The van der Waals surface area contributed by atoms with Crippen LogP contribution in [0.3, 0.4) is 0 Å². The lowest BCUT2D eigenvalue weighted by Crippen LogP contribution is -2.28. The summed E-state index contributed by atoms with van der Waals surface area (Å²) >= 11 is 0. The molecule has 3 rings (SSSR count). The van der Waals surface area contributed by atoms with Crippen molar-refractivity contribution < 1.29 is 4.39 Å². The van der Waals surface area contributed by atoms with Crippen LogP contribution in [0.2, 0.25) is 0 Å². The summed E-state index contributed by atoms with van der Waals surface area (Å²) in [4.78, 5) is 15.0. The number of allylic oxidation sites excluding steroid dienone is 3. The summed E-state index contributed by atoms with van der Waals surface area (Å²) in [6.07, 6.45) is 11.8. The Morgan fingerprint density at radius 3 is 2.70 bits per heavy atom. The zero-order chi connectivity index (χ0) is 23.6. The Hall–Kier alpha value is -3.08. The van der Waals surface area contributed by atoms with Crippen molar-refractivity contribution >= 4 is 12.3 Å². The lowest BCUT2D eigenvalue weighted by molar-refractivity contribution is 0.345. The van der Waals surface area contributed by atoms with Gasteiger partial charge in [-0.15, -0.1) is 0 Å². The highest BCUT2D eigenvalue weighted by molar-refractivity contribution is 5.74. The first-order valence-electron chi connectivity index (χ1n) is 11.8. The first kappa shape index (κ1) is 24.6. The molecular weight excluding hydrogens is 411 g/mol. The average molecular weight is 447 g/mol. The SMILES string of the molecule is C=NCCN(CCCC(CC)c1ccc(F)cc1)C(=C)C1=C(c2ccncn2)CC(C)C=C1. The number of nitrogens with zero attached hydrogens (tertiary/aromatic N) is 4. The highest BCUT2D eigenvalue weighted by Gasteiger charge is 2.21. The minimum atomic E-state index is -0.185. The summed E-state index contributed by atoms with van der Waals surface area (Å²) in [5.74, 6) is 0.691. The Balaban J connectivity index is 1.75. The van der Waals surface area contributed by atoms with Gasteiger partial charge in [-0.05, 0) is 73.6 Å². The molecule has 0 saturated heterocycles. The highest BCUT2D eigenvalue weighted by Crippen LogP contribution is 2.35. The van der Waals surface area contributed by atoms with Crippen LogP contribution in [0.1, 0.15) is 56.7 Å². The van der Waals surface area contributed by atoms with E-state index in [4.69, 9.17) is 0 Å². The van der Waals surface area contributed by atoms with Crippen LogP contribution in [0.5, 0.6) is 0 Å². The van der Waals surface area contributed by atoms with E-state index < -0.39 is 0 Å². The van der Waals surface area contributed by atoms with Gasteiger partial charge in [0.15, 0.2) is 0 Å². The Bertz CT molecular complexity index is 979. The van der Waals surface area contributed by atoms with E-state index in [9.17, 15) is 4.39 Å². The zero-order valence-corrected chi connectivity index (χ0v) is 19.9. The molecule has 1 aliphatic rings. The third-order valence-electron chi connectivity index (χ3n) is 6.37. The van der Waals surface area contributed by atoms with Crippen molar-refractivity contribution in [3.05, 3.63) is 89.9 Å². The van der Waals surface area contributed by atoms with Gasteiger partial charge in [-0.3, -0.25) is 4.99 Å². The van der Waals surface area contributed by atoms with E-state index in [-0.39, 0.29) is 5.82 Å². The van der Waals surface area contributed by atoms with Gasteiger partial charge in [0, 0.05) is 30.6 Å². The molecule has 174 valence electrons. The third kappa shape index (κ3) is 6.70. The Labute approximate surface area is 197 Å². The van der Waals surface area contributed by atoms with Gasteiger partial charge in [0.1, 0.15) is 12.1 Å². The Morgan fingerprint density at radius 2 is 2.03 bits per heavy atom. The maximum absolute atomic E-state index is 13.3. The second-order valence-electron chi connectivity index (χ2n) is 8.71. The van der Waals surface area contributed by atoms with Crippen LogP contribution in [0, 0.1) is 11.7 Å². The fraction of sp³-hybridized carbons (Fsp3) is 0.393. The van der Waals surface area contributed by atoms with Crippen LogP contribution in [0.15, 0.2) is 77.8 Å². The quantitative estimate of drug-likeness (QED) is 0.352. The molecule has 1 heterocycles. The van der Waals surface area contributed by atoms with E-state index in [0.29, 0.717) is 18.4 Å². The molecule has 1 aromatic carbocycles. The largest absolute Gasteiger partial charge is 0.370 e. The molecule has 4 nitrogen and oxygen atoms in total. The molecule has 0 bridgehead atoms. The summed E-state index contributed by atoms with van der Waals surface area (Å²) in [7, 11) is 0. The van der Waals surface area contributed by atoms with Crippen LogP contribution in [-0.2, 0) is 0 Å². The van der Waals surface area contributed by atoms with E-state index in [0.717, 1.165) is 55.7 Å². The maximum atomic E-state index is 13.3. The van der Waals surface area contributed by atoms with Gasteiger partial charge in [0.05, 0.1) is 12.2 Å². The standard InChI is InChI=1S/C28H35FN4/c1-5-23(24-9-11-25(29)12-10-24)7-6-17-33(18-16-30-4)22(3)26-13-8-21(2)19-27(26)28-14-15-31-20-32-28/h8-15,20-21,23H,3-7,16-19H2,1-2H3. The molecule has 0 N–H and O–H groups in total. The second-order valence-corrected chi connectivity index (χ2v) is 8.71. The van der Waals surface area contributed by atoms with Gasteiger partial charge in [-0.2, -0.15) is 0 Å². The van der Waals surface area contributed by atoms with Crippen LogP contribution in [-0.4, -0.2) is 41.2 Å². The van der Waals surface area contributed by atoms with Crippen molar-refractivity contribution in [1.82, 2.24) is 14.9 Å². The molecular formula is C28H35FN4. The normalized spacial score (nSPS) is 16.5. The van der Waals surface area contributed by atoms with Crippen molar-refractivity contribution in [1.29, 1.82) is 0 Å². The van der Waals surface area contributed by atoms with Crippen molar-refractivity contribution in [3.63, 3.8) is 0 Å². The minimum absolute atomic E-state index is 0.185. The maximum Gasteiger partial charge on any atom is 0.123 e. The number of aliphatic imine (C=N–C) groups is 1. The molecule has 0 fully saturated rings. The summed E-state index contributed by atoms with van der Waals surface area (Å²) in [5.41, 5.74) is 5.52. The topological polar surface area (TPSA) is 41.4 Å². The molecule has 1 aromatic heterocycles. The molecule has 33 heavy (non-hydrogen) atoms. The zero-order valence-electron chi connectivity index (χ0n) is 19.9. The fourth-order valence-electron chi connectivity index (χ4n) is 4.46.